The molecule has 0 saturated carbocycles. The molecule has 0 aliphatic heterocycles. The Balaban J connectivity index is 3.04. The van der Waals surface area contributed by atoms with E-state index in [1.165, 1.54) is 12.1 Å². The van der Waals surface area contributed by atoms with Gasteiger partial charge >= 0.3 is 5.97 Å². The van der Waals surface area contributed by atoms with Crippen molar-refractivity contribution in [2.24, 2.45) is 0 Å². The molecule has 0 aromatic heterocycles. The summed E-state index contributed by atoms with van der Waals surface area (Å²) in [6.07, 6.45) is 0.812. The second-order valence-corrected chi connectivity index (χ2v) is 4.85. The zero-order valence-electron chi connectivity index (χ0n) is 11.9. The zero-order valence-corrected chi connectivity index (χ0v) is 11.9. The molecule has 0 spiro atoms. The van der Waals surface area contributed by atoms with Crippen LogP contribution in [-0.2, 0) is 4.79 Å². The van der Waals surface area contributed by atoms with Crippen molar-refractivity contribution in [2.45, 2.75) is 39.3 Å². The minimum Gasteiger partial charge on any atom is -0.480 e. The number of aliphatic carboxylic acids is 1. The first-order valence-corrected chi connectivity index (χ1v) is 6.58. The molecule has 1 rings (SSSR count). The molecule has 0 amide bonds. The summed E-state index contributed by atoms with van der Waals surface area (Å²) in [4.78, 5) is 23.2. The highest BCUT2D eigenvalue weighted by Gasteiger charge is 2.23. The Morgan fingerprint density at radius 1 is 1.45 bits per heavy atom. The number of nitro benzene ring substituents is 1. The second kappa shape index (κ2) is 7.00. The fourth-order valence-corrected chi connectivity index (χ4v) is 2.15. The van der Waals surface area contributed by atoms with Gasteiger partial charge in [0.05, 0.1) is 11.5 Å². The third-order valence-corrected chi connectivity index (χ3v) is 3.54. The number of carboxylic acid groups (broad SMARTS) is 1. The Labute approximate surface area is 118 Å². The number of carbonyl (C=O) groups is 1. The molecule has 1 N–H and O–H groups in total. The van der Waals surface area contributed by atoms with Crippen LogP contribution in [-0.4, -0.2) is 33.5 Å². The summed E-state index contributed by atoms with van der Waals surface area (Å²) in [7, 11) is 0. The molecule has 0 aliphatic carbocycles. The molecular formula is C14H20N2O4. The average molecular weight is 280 g/mol. The largest absolute Gasteiger partial charge is 0.480 e. The summed E-state index contributed by atoms with van der Waals surface area (Å²) in [5, 5.41) is 19.8. The van der Waals surface area contributed by atoms with Crippen LogP contribution in [0.1, 0.15) is 38.8 Å². The van der Waals surface area contributed by atoms with Gasteiger partial charge in [-0.1, -0.05) is 19.1 Å². The molecule has 0 saturated heterocycles. The Morgan fingerprint density at radius 2 is 2.10 bits per heavy atom. The van der Waals surface area contributed by atoms with E-state index in [4.69, 9.17) is 5.11 Å². The third kappa shape index (κ3) is 4.03. The fraction of sp³-hybridized carbons (Fsp3) is 0.500. The number of carboxylic acids is 1. The van der Waals surface area contributed by atoms with Crippen molar-refractivity contribution < 1.29 is 14.8 Å². The normalized spacial score (nSPS) is 14.0. The van der Waals surface area contributed by atoms with Crippen molar-refractivity contribution in [3.8, 4) is 0 Å². The summed E-state index contributed by atoms with van der Waals surface area (Å²) < 4.78 is 0. The molecule has 110 valence electrons. The predicted molar refractivity (Wildman–Crippen MR) is 75.6 cm³/mol. The first-order chi connectivity index (χ1) is 9.36. The van der Waals surface area contributed by atoms with E-state index >= 15 is 0 Å². The maximum atomic E-state index is 11.0. The second-order valence-electron chi connectivity index (χ2n) is 4.85. The van der Waals surface area contributed by atoms with Crippen LogP contribution in [0.4, 0.5) is 5.69 Å². The number of benzene rings is 1. The van der Waals surface area contributed by atoms with E-state index < -0.39 is 10.9 Å². The van der Waals surface area contributed by atoms with Crippen LogP contribution < -0.4 is 0 Å². The lowest BCUT2D eigenvalue weighted by Gasteiger charge is -2.33. The Hall–Kier alpha value is -1.95. The van der Waals surface area contributed by atoms with E-state index in [-0.39, 0.29) is 24.3 Å². The topological polar surface area (TPSA) is 83.7 Å². The molecule has 2 atom stereocenters. The van der Waals surface area contributed by atoms with Gasteiger partial charge in [-0.3, -0.25) is 19.8 Å². The average Bonchev–Trinajstić information content (AvgIpc) is 2.43. The number of hydrogen-bond acceptors (Lipinski definition) is 4. The molecule has 6 nitrogen and oxygen atoms in total. The van der Waals surface area contributed by atoms with E-state index in [9.17, 15) is 14.9 Å². The molecule has 1 aromatic carbocycles. The highest BCUT2D eigenvalue weighted by Crippen LogP contribution is 2.26. The fourth-order valence-electron chi connectivity index (χ4n) is 2.15. The molecule has 6 heteroatoms. The summed E-state index contributed by atoms with van der Waals surface area (Å²) in [5.74, 6) is -0.900. The molecule has 20 heavy (non-hydrogen) atoms. The van der Waals surface area contributed by atoms with Gasteiger partial charge in [-0.2, -0.15) is 0 Å². The van der Waals surface area contributed by atoms with Gasteiger partial charge in [-0.15, -0.1) is 0 Å². The minimum absolute atomic E-state index is 0.0220. The van der Waals surface area contributed by atoms with Gasteiger partial charge in [0.2, 0.25) is 0 Å². The lowest BCUT2D eigenvalue weighted by atomic mass is 10.0. The standard InChI is InChI=1S/C14H20N2O4/c1-4-10(2)15(9-14(17)18)11(3)12-6-5-7-13(8-12)16(19)20/h5-8,10-11H,4,9H2,1-3H3,(H,17,18). The molecule has 1 aromatic rings. The summed E-state index contributed by atoms with van der Waals surface area (Å²) in [6, 6.07) is 6.23. The molecule has 2 unspecified atom stereocenters. The van der Waals surface area contributed by atoms with Gasteiger partial charge in [-0.05, 0) is 25.8 Å². The number of rotatable bonds is 7. The van der Waals surface area contributed by atoms with Crippen LogP contribution in [0, 0.1) is 10.1 Å². The Morgan fingerprint density at radius 3 is 2.60 bits per heavy atom. The predicted octanol–water partition coefficient (Wildman–Crippen LogP) is 2.84. The minimum atomic E-state index is -0.900. The van der Waals surface area contributed by atoms with Crippen LogP contribution in [0.5, 0.6) is 0 Å². The summed E-state index contributed by atoms with van der Waals surface area (Å²) in [5.41, 5.74) is 0.773. The van der Waals surface area contributed by atoms with E-state index in [0.29, 0.717) is 0 Å². The lowest BCUT2D eigenvalue weighted by Crippen LogP contribution is -2.39. The van der Waals surface area contributed by atoms with Gasteiger partial charge in [-0.25, -0.2) is 0 Å². The Kier molecular flexibility index (Phi) is 5.64. The van der Waals surface area contributed by atoms with Gasteiger partial charge in [0, 0.05) is 24.2 Å². The zero-order chi connectivity index (χ0) is 15.3. The maximum Gasteiger partial charge on any atom is 0.317 e. The van der Waals surface area contributed by atoms with Crippen molar-refractivity contribution in [1.29, 1.82) is 0 Å². The van der Waals surface area contributed by atoms with Gasteiger partial charge in [0.15, 0.2) is 0 Å². The molecule has 0 aliphatic rings. The van der Waals surface area contributed by atoms with Crippen LogP contribution in [0.25, 0.3) is 0 Å². The number of nitro groups is 1. The van der Waals surface area contributed by atoms with Crippen LogP contribution >= 0.6 is 0 Å². The summed E-state index contributed by atoms with van der Waals surface area (Å²) >= 11 is 0. The highest BCUT2D eigenvalue weighted by molar-refractivity contribution is 5.69. The molecule has 0 bridgehead atoms. The number of non-ortho nitro benzene ring substituents is 1. The Bertz CT molecular complexity index is 490. The molecule has 0 heterocycles. The van der Waals surface area contributed by atoms with Crippen molar-refractivity contribution in [1.82, 2.24) is 4.90 Å². The molecule has 0 radical (unpaired) electrons. The van der Waals surface area contributed by atoms with Crippen molar-refractivity contribution in [3.05, 3.63) is 39.9 Å². The van der Waals surface area contributed by atoms with Crippen LogP contribution in [0.15, 0.2) is 24.3 Å². The SMILES string of the molecule is CCC(C)N(CC(=O)O)C(C)c1cccc([N+](=O)[O-])c1. The van der Waals surface area contributed by atoms with Crippen molar-refractivity contribution in [2.75, 3.05) is 6.54 Å². The number of hydrogen-bond donors (Lipinski definition) is 1. The van der Waals surface area contributed by atoms with E-state index in [2.05, 4.69) is 0 Å². The molecular weight excluding hydrogens is 260 g/mol. The first kappa shape index (κ1) is 16.1. The monoisotopic (exact) mass is 280 g/mol. The highest BCUT2D eigenvalue weighted by atomic mass is 16.6. The van der Waals surface area contributed by atoms with Gasteiger partial charge < -0.3 is 5.11 Å². The van der Waals surface area contributed by atoms with E-state index in [1.54, 1.807) is 12.1 Å². The lowest BCUT2D eigenvalue weighted by molar-refractivity contribution is -0.385. The first-order valence-electron chi connectivity index (χ1n) is 6.58. The number of nitrogens with zero attached hydrogens (tertiary/aromatic N) is 2. The van der Waals surface area contributed by atoms with E-state index in [1.807, 2.05) is 25.7 Å². The summed E-state index contributed by atoms with van der Waals surface area (Å²) in [6.45, 7) is 5.73. The smallest absolute Gasteiger partial charge is 0.317 e. The quantitative estimate of drug-likeness (QED) is 0.613. The van der Waals surface area contributed by atoms with E-state index in [0.717, 1.165) is 12.0 Å². The van der Waals surface area contributed by atoms with Crippen molar-refractivity contribution >= 4 is 11.7 Å². The molecule has 0 fully saturated rings. The van der Waals surface area contributed by atoms with Gasteiger partial charge in [0.1, 0.15) is 0 Å². The van der Waals surface area contributed by atoms with Gasteiger partial charge in [0.25, 0.3) is 5.69 Å². The maximum absolute atomic E-state index is 11.0. The van der Waals surface area contributed by atoms with Crippen LogP contribution in [0.3, 0.4) is 0 Å². The third-order valence-electron chi connectivity index (χ3n) is 3.54. The van der Waals surface area contributed by atoms with Crippen LogP contribution in [0.2, 0.25) is 0 Å². The van der Waals surface area contributed by atoms with Crippen molar-refractivity contribution in [3.63, 3.8) is 0 Å².